The zero-order valence-corrected chi connectivity index (χ0v) is 13.1. The first kappa shape index (κ1) is 14.4. The Hall–Kier alpha value is -2.49. The third kappa shape index (κ3) is 2.03. The Balaban J connectivity index is 2.11. The van der Waals surface area contributed by atoms with E-state index in [1.807, 2.05) is 55.6 Å². The highest BCUT2D eigenvalue weighted by molar-refractivity contribution is 6.02. The van der Waals surface area contributed by atoms with Gasteiger partial charge in [0.25, 0.3) is 5.91 Å². The molecule has 1 heterocycles. The second-order valence-electron chi connectivity index (χ2n) is 5.48. The Labute approximate surface area is 130 Å². The van der Waals surface area contributed by atoms with Crippen molar-refractivity contribution in [2.75, 3.05) is 19.5 Å². The molecule has 1 unspecified atom stereocenters. The monoisotopic (exact) mass is 296 g/mol. The Morgan fingerprint density at radius 1 is 1.14 bits per heavy atom. The highest BCUT2D eigenvalue weighted by Gasteiger charge is 2.42. The second kappa shape index (κ2) is 5.37. The number of hydrogen-bond donors (Lipinski definition) is 1. The van der Waals surface area contributed by atoms with Crippen LogP contribution in [0.3, 0.4) is 0 Å². The molecule has 3 rings (SSSR count). The molecule has 4 heteroatoms. The Morgan fingerprint density at radius 2 is 1.82 bits per heavy atom. The molecule has 1 amide bonds. The molecule has 2 aromatic rings. The van der Waals surface area contributed by atoms with Crippen LogP contribution in [0.25, 0.3) is 0 Å². The van der Waals surface area contributed by atoms with E-state index >= 15 is 0 Å². The van der Waals surface area contributed by atoms with Crippen molar-refractivity contribution in [2.45, 2.75) is 19.0 Å². The molecule has 2 aromatic carbocycles. The van der Waals surface area contributed by atoms with Crippen LogP contribution in [0.1, 0.15) is 29.3 Å². The lowest BCUT2D eigenvalue weighted by atomic mass is 9.90. The Morgan fingerprint density at radius 3 is 2.45 bits per heavy atom. The molecule has 0 spiro atoms. The number of fused-ring (bicyclic) bond motifs is 1. The molecule has 0 bridgehead atoms. The highest BCUT2D eigenvalue weighted by Crippen LogP contribution is 2.39. The van der Waals surface area contributed by atoms with Gasteiger partial charge in [-0.25, -0.2) is 0 Å². The SMILES string of the molecule is CCC1(c2ccc(OC)cc2)Nc2ccccc2C(=O)N1C. The molecule has 22 heavy (non-hydrogen) atoms. The van der Waals surface area contributed by atoms with E-state index in [1.165, 1.54) is 0 Å². The molecule has 0 aromatic heterocycles. The number of nitrogens with zero attached hydrogens (tertiary/aromatic N) is 1. The quantitative estimate of drug-likeness (QED) is 0.943. The lowest BCUT2D eigenvalue weighted by molar-refractivity contribution is 0.0572. The molecule has 0 aliphatic carbocycles. The maximum Gasteiger partial charge on any atom is 0.257 e. The standard InChI is InChI=1S/C18H20N2O2/c1-4-18(13-9-11-14(22-3)12-10-13)19-16-8-6-5-7-15(16)17(21)20(18)2/h5-12,19H,4H2,1-3H3. The molecule has 4 nitrogen and oxygen atoms in total. The minimum Gasteiger partial charge on any atom is -0.497 e. The molecule has 0 saturated heterocycles. The smallest absolute Gasteiger partial charge is 0.257 e. The molecular formula is C18H20N2O2. The van der Waals surface area contributed by atoms with Crippen molar-refractivity contribution in [1.82, 2.24) is 4.90 Å². The number of amides is 1. The topological polar surface area (TPSA) is 41.6 Å². The van der Waals surface area contributed by atoms with Crippen molar-refractivity contribution < 1.29 is 9.53 Å². The number of rotatable bonds is 3. The van der Waals surface area contributed by atoms with Gasteiger partial charge < -0.3 is 15.0 Å². The largest absolute Gasteiger partial charge is 0.497 e. The van der Waals surface area contributed by atoms with Gasteiger partial charge in [0.1, 0.15) is 11.4 Å². The first-order chi connectivity index (χ1) is 10.6. The number of nitrogens with one attached hydrogen (secondary N) is 1. The first-order valence-corrected chi connectivity index (χ1v) is 7.42. The third-order valence-electron chi connectivity index (χ3n) is 4.46. The molecule has 0 radical (unpaired) electrons. The summed E-state index contributed by atoms with van der Waals surface area (Å²) in [5, 5.41) is 3.56. The first-order valence-electron chi connectivity index (χ1n) is 7.42. The summed E-state index contributed by atoms with van der Waals surface area (Å²) in [7, 11) is 3.49. The normalized spacial score (nSPS) is 20.3. The average Bonchev–Trinajstić information content (AvgIpc) is 2.58. The summed E-state index contributed by atoms with van der Waals surface area (Å²) in [6.45, 7) is 2.08. The van der Waals surface area contributed by atoms with E-state index < -0.39 is 5.66 Å². The van der Waals surface area contributed by atoms with Crippen LogP contribution < -0.4 is 10.1 Å². The van der Waals surface area contributed by atoms with Gasteiger partial charge in [-0.1, -0.05) is 31.2 Å². The summed E-state index contributed by atoms with van der Waals surface area (Å²) in [5.74, 6) is 0.840. The maximum atomic E-state index is 12.7. The molecule has 1 atom stereocenters. The van der Waals surface area contributed by atoms with E-state index in [1.54, 1.807) is 12.0 Å². The molecule has 114 valence electrons. The predicted octanol–water partition coefficient (Wildman–Crippen LogP) is 3.46. The molecule has 1 N–H and O–H groups in total. The molecular weight excluding hydrogens is 276 g/mol. The van der Waals surface area contributed by atoms with Gasteiger partial charge in [0, 0.05) is 12.7 Å². The van der Waals surface area contributed by atoms with Crippen LogP contribution >= 0.6 is 0 Å². The van der Waals surface area contributed by atoms with Gasteiger partial charge in [-0.3, -0.25) is 4.79 Å². The average molecular weight is 296 g/mol. The molecule has 1 aliphatic heterocycles. The predicted molar refractivity (Wildman–Crippen MR) is 87.1 cm³/mol. The van der Waals surface area contributed by atoms with Crippen molar-refractivity contribution >= 4 is 11.6 Å². The number of hydrogen-bond acceptors (Lipinski definition) is 3. The number of benzene rings is 2. The van der Waals surface area contributed by atoms with Crippen LogP contribution in [0, 0.1) is 0 Å². The van der Waals surface area contributed by atoms with Crippen LogP contribution in [-0.2, 0) is 5.66 Å². The number of carbonyl (C=O) groups is 1. The Bertz CT molecular complexity index is 696. The van der Waals surface area contributed by atoms with Crippen LogP contribution in [0.2, 0.25) is 0 Å². The van der Waals surface area contributed by atoms with Crippen molar-refractivity contribution in [3.05, 3.63) is 59.7 Å². The summed E-state index contributed by atoms with van der Waals surface area (Å²) in [4.78, 5) is 14.5. The van der Waals surface area contributed by atoms with Crippen LogP contribution in [0.15, 0.2) is 48.5 Å². The van der Waals surface area contributed by atoms with Crippen LogP contribution in [0.5, 0.6) is 5.75 Å². The van der Waals surface area contributed by atoms with Gasteiger partial charge in [-0.2, -0.15) is 0 Å². The zero-order chi connectivity index (χ0) is 15.7. The number of anilines is 1. The number of methoxy groups -OCH3 is 1. The molecule has 1 aliphatic rings. The highest BCUT2D eigenvalue weighted by atomic mass is 16.5. The van der Waals surface area contributed by atoms with E-state index in [-0.39, 0.29) is 5.91 Å². The van der Waals surface area contributed by atoms with Gasteiger partial charge in [0.15, 0.2) is 0 Å². The lowest BCUT2D eigenvalue weighted by Gasteiger charge is -2.46. The number of ether oxygens (including phenoxy) is 1. The summed E-state index contributed by atoms with van der Waals surface area (Å²) < 4.78 is 5.23. The van der Waals surface area contributed by atoms with Crippen molar-refractivity contribution in [2.24, 2.45) is 0 Å². The second-order valence-corrected chi connectivity index (χ2v) is 5.48. The zero-order valence-electron chi connectivity index (χ0n) is 13.1. The number of para-hydroxylation sites is 1. The van der Waals surface area contributed by atoms with Gasteiger partial charge in [-0.15, -0.1) is 0 Å². The van der Waals surface area contributed by atoms with E-state index in [2.05, 4.69) is 12.2 Å². The summed E-state index contributed by atoms with van der Waals surface area (Å²) in [6, 6.07) is 15.5. The summed E-state index contributed by atoms with van der Waals surface area (Å²) in [5.41, 5.74) is 2.09. The molecule has 0 saturated carbocycles. The van der Waals surface area contributed by atoms with Crippen molar-refractivity contribution in [3.63, 3.8) is 0 Å². The van der Waals surface area contributed by atoms with Crippen LogP contribution in [0.4, 0.5) is 5.69 Å². The lowest BCUT2D eigenvalue weighted by Crippen LogP contribution is -2.55. The molecule has 0 fully saturated rings. The fraction of sp³-hybridized carbons (Fsp3) is 0.278. The van der Waals surface area contributed by atoms with E-state index in [4.69, 9.17) is 4.74 Å². The summed E-state index contributed by atoms with van der Waals surface area (Å²) in [6.07, 6.45) is 0.760. The fourth-order valence-corrected chi connectivity index (χ4v) is 3.10. The van der Waals surface area contributed by atoms with E-state index in [0.717, 1.165) is 23.4 Å². The van der Waals surface area contributed by atoms with Gasteiger partial charge in [-0.05, 0) is 36.2 Å². The van der Waals surface area contributed by atoms with Gasteiger partial charge >= 0.3 is 0 Å². The van der Waals surface area contributed by atoms with Gasteiger partial charge in [0.2, 0.25) is 0 Å². The number of carbonyl (C=O) groups excluding carboxylic acids is 1. The minimum atomic E-state index is -0.544. The maximum absolute atomic E-state index is 12.7. The van der Waals surface area contributed by atoms with E-state index in [9.17, 15) is 4.79 Å². The fourth-order valence-electron chi connectivity index (χ4n) is 3.10. The minimum absolute atomic E-state index is 0.0343. The third-order valence-corrected chi connectivity index (χ3v) is 4.46. The Kier molecular flexibility index (Phi) is 3.53. The van der Waals surface area contributed by atoms with Crippen molar-refractivity contribution in [1.29, 1.82) is 0 Å². The van der Waals surface area contributed by atoms with Crippen LogP contribution in [-0.4, -0.2) is 25.0 Å². The van der Waals surface area contributed by atoms with E-state index in [0.29, 0.717) is 5.56 Å². The van der Waals surface area contributed by atoms with Gasteiger partial charge in [0.05, 0.1) is 12.7 Å². The summed E-state index contributed by atoms with van der Waals surface area (Å²) >= 11 is 0. The van der Waals surface area contributed by atoms with Crippen molar-refractivity contribution in [3.8, 4) is 5.75 Å².